The second-order valence-electron chi connectivity index (χ2n) is 6.70. The Morgan fingerprint density at radius 1 is 1.30 bits per heavy atom. The number of ether oxygens (including phenoxy) is 2. The van der Waals surface area contributed by atoms with Crippen LogP contribution in [0.15, 0.2) is 27.4 Å². The lowest BCUT2D eigenvalue weighted by Gasteiger charge is -2.15. The van der Waals surface area contributed by atoms with E-state index in [1.807, 2.05) is 0 Å². The Labute approximate surface area is 136 Å². The number of nitrogens with zero attached hydrogens (tertiary/aromatic N) is 1. The average molecular weight is 337 g/mol. The minimum Gasteiger partial charge on any atom is -0.469 e. The molecule has 0 aliphatic heterocycles. The fraction of sp³-hybridized carbons (Fsp3) is 0.500. The van der Waals surface area contributed by atoms with Crippen molar-refractivity contribution in [2.45, 2.75) is 38.8 Å². The average Bonchev–Trinajstić information content (AvgIpc) is 2.78. The van der Waals surface area contributed by atoms with Gasteiger partial charge in [0.05, 0.1) is 19.0 Å². The van der Waals surface area contributed by atoms with Crippen LogP contribution >= 0.6 is 0 Å². The number of rotatable bonds is 7. The van der Waals surface area contributed by atoms with Crippen molar-refractivity contribution in [2.75, 3.05) is 13.7 Å². The molecule has 0 N–H and O–H groups in total. The normalized spacial score (nSPS) is 11.8. The summed E-state index contributed by atoms with van der Waals surface area (Å²) in [5.41, 5.74) is 1.88. The molecule has 0 atom stereocenters. The minimum atomic E-state index is -1.17. The predicted molar refractivity (Wildman–Crippen MR) is 90.3 cm³/mol. The van der Waals surface area contributed by atoms with Crippen molar-refractivity contribution in [2.24, 2.45) is 0 Å². The summed E-state index contributed by atoms with van der Waals surface area (Å²) in [6, 6.07) is 6.23. The third-order valence-electron chi connectivity index (χ3n) is 3.52. The Morgan fingerprint density at radius 2 is 2.04 bits per heavy atom. The molecule has 6 nitrogen and oxygen atoms in total. The molecule has 7 heteroatoms. The number of hydrogen-bond acceptors (Lipinski definition) is 5. The smallest absolute Gasteiger partial charge is 0.421 e. The molecule has 0 radical (unpaired) electrons. The summed E-state index contributed by atoms with van der Waals surface area (Å²) in [5.74, 6) is -0.781. The maximum atomic E-state index is 12.0. The van der Waals surface area contributed by atoms with Gasteiger partial charge in [0.1, 0.15) is 6.73 Å². The zero-order valence-electron chi connectivity index (χ0n) is 14.0. The van der Waals surface area contributed by atoms with Gasteiger partial charge in [0.2, 0.25) is 0 Å². The highest BCUT2D eigenvalue weighted by Gasteiger charge is 2.14. The Hall–Kier alpha value is -1.86. The van der Waals surface area contributed by atoms with E-state index in [4.69, 9.17) is 9.15 Å². The molecule has 0 saturated carbocycles. The summed E-state index contributed by atoms with van der Waals surface area (Å²) in [5, 5.41) is 0. The van der Waals surface area contributed by atoms with E-state index in [-0.39, 0.29) is 19.1 Å². The van der Waals surface area contributed by atoms with Crippen LogP contribution in [0.1, 0.15) is 5.56 Å². The number of benzene rings is 1. The van der Waals surface area contributed by atoms with Crippen molar-refractivity contribution in [1.29, 1.82) is 0 Å². The van der Waals surface area contributed by atoms with Crippen molar-refractivity contribution >= 4 is 25.1 Å². The molecule has 1 aromatic heterocycles. The number of carbonyl (C=O) groups excluding carboxylic acids is 1. The van der Waals surface area contributed by atoms with E-state index in [2.05, 4.69) is 24.4 Å². The number of methoxy groups -OCH3 is 1. The minimum absolute atomic E-state index is 0.151. The van der Waals surface area contributed by atoms with Crippen LogP contribution in [-0.2, 0) is 27.4 Å². The van der Waals surface area contributed by atoms with Gasteiger partial charge >= 0.3 is 11.7 Å². The lowest BCUT2D eigenvalue weighted by atomic mass is 10.1. The first-order valence-corrected chi connectivity index (χ1v) is 11.3. The van der Waals surface area contributed by atoms with E-state index in [0.29, 0.717) is 17.7 Å². The van der Waals surface area contributed by atoms with Gasteiger partial charge in [-0.3, -0.25) is 4.79 Å². The summed E-state index contributed by atoms with van der Waals surface area (Å²) in [4.78, 5) is 23.3. The molecular formula is C16H23NO5Si. The highest BCUT2D eigenvalue weighted by molar-refractivity contribution is 6.76. The topological polar surface area (TPSA) is 70.7 Å². The van der Waals surface area contributed by atoms with Crippen LogP contribution in [-0.4, -0.2) is 32.3 Å². The van der Waals surface area contributed by atoms with Crippen LogP contribution in [0.3, 0.4) is 0 Å². The van der Waals surface area contributed by atoms with Crippen molar-refractivity contribution in [1.82, 2.24) is 4.57 Å². The van der Waals surface area contributed by atoms with Crippen molar-refractivity contribution in [3.63, 3.8) is 0 Å². The van der Waals surface area contributed by atoms with E-state index in [0.717, 1.165) is 11.6 Å². The molecule has 0 amide bonds. The van der Waals surface area contributed by atoms with E-state index in [1.165, 1.54) is 11.7 Å². The second kappa shape index (κ2) is 7.14. The maximum absolute atomic E-state index is 12.0. The first-order chi connectivity index (χ1) is 10.8. The molecule has 0 bridgehead atoms. The van der Waals surface area contributed by atoms with Crippen LogP contribution in [0.25, 0.3) is 11.1 Å². The summed E-state index contributed by atoms with van der Waals surface area (Å²) >= 11 is 0. The van der Waals surface area contributed by atoms with Gasteiger partial charge in [0, 0.05) is 14.7 Å². The lowest BCUT2D eigenvalue weighted by molar-refractivity contribution is -0.139. The number of aromatic nitrogens is 1. The Kier molecular flexibility index (Phi) is 5.43. The van der Waals surface area contributed by atoms with Gasteiger partial charge in [-0.15, -0.1) is 0 Å². The maximum Gasteiger partial charge on any atom is 0.421 e. The zero-order chi connectivity index (χ0) is 17.0. The van der Waals surface area contributed by atoms with E-state index < -0.39 is 13.8 Å². The van der Waals surface area contributed by atoms with Crippen LogP contribution in [0, 0.1) is 0 Å². The van der Waals surface area contributed by atoms with Crippen LogP contribution < -0.4 is 5.76 Å². The Morgan fingerprint density at radius 3 is 2.70 bits per heavy atom. The van der Waals surface area contributed by atoms with Gasteiger partial charge < -0.3 is 13.9 Å². The van der Waals surface area contributed by atoms with Crippen molar-refractivity contribution < 1.29 is 18.7 Å². The standard InChI is InChI=1S/C16H23NO5Si/c1-20-15(18)10-12-5-6-14-13(9-12)17(16(19)22-14)11-21-7-8-23(2,3)4/h5-6,9H,7-8,10-11H2,1-4H3. The zero-order valence-corrected chi connectivity index (χ0v) is 15.0. The third kappa shape index (κ3) is 4.80. The third-order valence-corrected chi connectivity index (χ3v) is 5.23. The van der Waals surface area contributed by atoms with Crippen LogP contribution in [0.5, 0.6) is 0 Å². The number of fused-ring (bicyclic) bond motifs is 1. The molecule has 0 aliphatic rings. The number of hydrogen-bond donors (Lipinski definition) is 0. The molecule has 23 heavy (non-hydrogen) atoms. The summed E-state index contributed by atoms with van der Waals surface area (Å²) < 4.78 is 16.9. The molecule has 0 aliphatic carbocycles. The number of oxazole rings is 1. The van der Waals surface area contributed by atoms with E-state index in [9.17, 15) is 9.59 Å². The molecular weight excluding hydrogens is 314 g/mol. The summed E-state index contributed by atoms with van der Waals surface area (Å²) in [7, 11) is 0.183. The SMILES string of the molecule is COC(=O)Cc1ccc2oc(=O)n(COCC[Si](C)(C)C)c2c1. The summed E-state index contributed by atoms with van der Waals surface area (Å²) in [6.07, 6.45) is 0.155. The first-order valence-electron chi connectivity index (χ1n) is 7.57. The molecule has 0 fully saturated rings. The van der Waals surface area contributed by atoms with Crippen LogP contribution in [0.4, 0.5) is 0 Å². The fourth-order valence-corrected chi connectivity index (χ4v) is 2.87. The van der Waals surface area contributed by atoms with Gasteiger partial charge in [-0.25, -0.2) is 9.36 Å². The van der Waals surface area contributed by atoms with Crippen molar-refractivity contribution in [3.8, 4) is 0 Å². The highest BCUT2D eigenvalue weighted by Crippen LogP contribution is 2.16. The van der Waals surface area contributed by atoms with Gasteiger partial charge in [-0.2, -0.15) is 0 Å². The second-order valence-corrected chi connectivity index (χ2v) is 12.3. The van der Waals surface area contributed by atoms with Gasteiger partial charge in [-0.05, 0) is 23.7 Å². The first kappa shape index (κ1) is 17.5. The molecule has 2 aromatic rings. The fourth-order valence-electron chi connectivity index (χ4n) is 2.11. The molecule has 1 heterocycles. The molecule has 0 spiro atoms. The van der Waals surface area contributed by atoms with Gasteiger partial charge in [-0.1, -0.05) is 25.7 Å². The Balaban J connectivity index is 2.15. The molecule has 0 unspecified atom stereocenters. The van der Waals surface area contributed by atoms with Crippen molar-refractivity contribution in [3.05, 3.63) is 34.3 Å². The number of esters is 1. The van der Waals surface area contributed by atoms with Gasteiger partial charge in [0.25, 0.3) is 0 Å². The quantitative estimate of drug-likeness (QED) is 0.441. The van der Waals surface area contributed by atoms with E-state index >= 15 is 0 Å². The number of carbonyl (C=O) groups is 1. The molecule has 1 aromatic carbocycles. The Bertz CT molecular complexity index is 741. The monoisotopic (exact) mass is 337 g/mol. The van der Waals surface area contributed by atoms with Gasteiger partial charge in [0.15, 0.2) is 5.58 Å². The highest BCUT2D eigenvalue weighted by atomic mass is 28.3. The summed E-state index contributed by atoms with van der Waals surface area (Å²) in [6.45, 7) is 7.59. The molecule has 126 valence electrons. The van der Waals surface area contributed by atoms with Crippen LogP contribution in [0.2, 0.25) is 25.7 Å². The largest absolute Gasteiger partial charge is 0.469 e. The molecule has 2 rings (SSSR count). The van der Waals surface area contributed by atoms with E-state index in [1.54, 1.807) is 18.2 Å². The molecule has 0 saturated heterocycles. The predicted octanol–water partition coefficient (Wildman–Crippen LogP) is 2.62. The lowest BCUT2D eigenvalue weighted by Crippen LogP contribution is -2.23.